The zero-order valence-corrected chi connectivity index (χ0v) is 7.59. The number of rotatable bonds is 4. The Labute approximate surface area is 64.7 Å². The maximum absolute atomic E-state index is 2.32. The number of hydrogen-bond acceptors (Lipinski definition) is 1. The molecular weight excluding hydrogens is 122 g/mol. The fraction of sp³-hybridized carbons (Fsp3) is 0.778. The first kappa shape index (κ1) is 9.54. The van der Waals surface area contributed by atoms with Crippen LogP contribution in [0.5, 0.6) is 0 Å². The summed E-state index contributed by atoms with van der Waals surface area (Å²) in [5.41, 5.74) is 0. The fourth-order valence-corrected chi connectivity index (χ4v) is 0.883. The second-order valence-corrected chi connectivity index (χ2v) is 2.72. The molecule has 0 aromatic heterocycles. The van der Waals surface area contributed by atoms with E-state index in [-0.39, 0.29) is 0 Å². The Balaban J connectivity index is 3.71. The molecule has 0 aromatic carbocycles. The van der Waals surface area contributed by atoms with E-state index in [2.05, 4.69) is 44.9 Å². The molecular formula is C9H19N. The molecule has 1 nitrogen and oxygen atoms in total. The first-order valence-corrected chi connectivity index (χ1v) is 4.14. The van der Waals surface area contributed by atoms with E-state index in [1.54, 1.807) is 0 Å². The van der Waals surface area contributed by atoms with Gasteiger partial charge in [-0.05, 0) is 33.4 Å². The maximum Gasteiger partial charge on any atom is 0.0227 e. The Morgan fingerprint density at radius 3 is 2.20 bits per heavy atom. The first-order chi connectivity index (χ1) is 4.72. The van der Waals surface area contributed by atoms with Crippen molar-refractivity contribution in [3.8, 4) is 0 Å². The lowest BCUT2D eigenvalue weighted by Crippen LogP contribution is -2.24. The summed E-state index contributed by atoms with van der Waals surface area (Å²) < 4.78 is 0. The number of allylic oxidation sites excluding steroid dienone is 1. The molecule has 0 aliphatic carbocycles. The average molecular weight is 141 g/mol. The molecule has 0 amide bonds. The van der Waals surface area contributed by atoms with Crippen LogP contribution in [0.4, 0.5) is 0 Å². The van der Waals surface area contributed by atoms with Gasteiger partial charge in [0, 0.05) is 12.6 Å². The number of nitrogens with zero attached hydrogens (tertiary/aromatic N) is 1. The van der Waals surface area contributed by atoms with Crippen LogP contribution in [0.2, 0.25) is 0 Å². The quantitative estimate of drug-likeness (QED) is 0.581. The van der Waals surface area contributed by atoms with E-state index < -0.39 is 0 Å². The van der Waals surface area contributed by atoms with Gasteiger partial charge in [0.2, 0.25) is 0 Å². The molecule has 0 aliphatic heterocycles. The van der Waals surface area contributed by atoms with Crippen LogP contribution in [0.3, 0.4) is 0 Å². The third-order valence-electron chi connectivity index (χ3n) is 1.56. The van der Waals surface area contributed by atoms with Gasteiger partial charge in [-0.25, -0.2) is 0 Å². The smallest absolute Gasteiger partial charge is 0.0227 e. The summed E-state index contributed by atoms with van der Waals surface area (Å²) in [7, 11) is 0. The van der Waals surface area contributed by atoms with E-state index in [9.17, 15) is 0 Å². The third kappa shape index (κ3) is 3.54. The minimum Gasteiger partial charge on any atom is -0.376 e. The van der Waals surface area contributed by atoms with Gasteiger partial charge >= 0.3 is 0 Å². The lowest BCUT2D eigenvalue weighted by molar-refractivity contribution is 0.326. The van der Waals surface area contributed by atoms with Gasteiger partial charge in [-0.2, -0.15) is 0 Å². The molecule has 0 N–H and O–H groups in total. The van der Waals surface area contributed by atoms with Crippen LogP contribution in [0.25, 0.3) is 0 Å². The highest BCUT2D eigenvalue weighted by molar-refractivity contribution is 4.82. The predicted molar refractivity (Wildman–Crippen MR) is 46.9 cm³/mol. The molecule has 0 rings (SSSR count). The molecule has 0 bridgehead atoms. The van der Waals surface area contributed by atoms with E-state index in [1.165, 1.54) is 0 Å². The van der Waals surface area contributed by atoms with Crippen molar-refractivity contribution in [3.05, 3.63) is 12.3 Å². The Bertz CT molecular complexity index is 94.9. The summed E-state index contributed by atoms with van der Waals surface area (Å²) in [5.74, 6) is 0. The lowest BCUT2D eigenvalue weighted by Gasteiger charge is -2.22. The van der Waals surface area contributed by atoms with Crippen LogP contribution in [0.1, 0.15) is 34.1 Å². The van der Waals surface area contributed by atoms with Crippen molar-refractivity contribution in [1.82, 2.24) is 4.90 Å². The minimum absolute atomic E-state index is 0.632. The Kier molecular flexibility index (Phi) is 5.09. The highest BCUT2D eigenvalue weighted by atomic mass is 15.1. The predicted octanol–water partition coefficient (Wildman–Crippen LogP) is 2.64. The standard InChI is InChI=1S/C9H19N/c1-5-7-8-10(6-2)9(3)4/h7-9H,5-6H2,1-4H3. The summed E-state index contributed by atoms with van der Waals surface area (Å²) in [4.78, 5) is 2.32. The fourth-order valence-electron chi connectivity index (χ4n) is 0.883. The van der Waals surface area contributed by atoms with Crippen molar-refractivity contribution < 1.29 is 0 Å². The lowest BCUT2D eigenvalue weighted by atomic mass is 10.3. The van der Waals surface area contributed by atoms with Crippen LogP contribution in [0, 0.1) is 0 Å². The molecule has 0 saturated carbocycles. The average Bonchev–Trinajstić information content (AvgIpc) is 1.89. The largest absolute Gasteiger partial charge is 0.376 e. The Morgan fingerprint density at radius 1 is 1.30 bits per heavy atom. The van der Waals surface area contributed by atoms with Gasteiger partial charge in [-0.1, -0.05) is 13.0 Å². The monoisotopic (exact) mass is 141 g/mol. The Hall–Kier alpha value is -0.460. The maximum atomic E-state index is 2.32. The Morgan fingerprint density at radius 2 is 1.90 bits per heavy atom. The zero-order valence-electron chi connectivity index (χ0n) is 7.59. The van der Waals surface area contributed by atoms with Gasteiger partial charge in [0.1, 0.15) is 0 Å². The summed E-state index contributed by atoms with van der Waals surface area (Å²) in [6.07, 6.45) is 5.51. The van der Waals surface area contributed by atoms with E-state index in [1.807, 2.05) is 0 Å². The van der Waals surface area contributed by atoms with Gasteiger partial charge in [0.05, 0.1) is 0 Å². The van der Waals surface area contributed by atoms with Crippen LogP contribution in [0.15, 0.2) is 12.3 Å². The van der Waals surface area contributed by atoms with Gasteiger partial charge in [0.25, 0.3) is 0 Å². The normalized spacial score (nSPS) is 11.3. The third-order valence-corrected chi connectivity index (χ3v) is 1.56. The second kappa shape index (κ2) is 5.33. The van der Waals surface area contributed by atoms with Crippen molar-refractivity contribution in [3.63, 3.8) is 0 Å². The number of hydrogen-bond donors (Lipinski definition) is 0. The summed E-state index contributed by atoms with van der Waals surface area (Å²) >= 11 is 0. The molecule has 0 unspecified atom stereocenters. The first-order valence-electron chi connectivity index (χ1n) is 4.14. The van der Waals surface area contributed by atoms with Gasteiger partial charge in [0.15, 0.2) is 0 Å². The van der Waals surface area contributed by atoms with Gasteiger partial charge in [-0.3, -0.25) is 0 Å². The molecule has 10 heavy (non-hydrogen) atoms. The van der Waals surface area contributed by atoms with E-state index in [0.29, 0.717) is 6.04 Å². The molecule has 60 valence electrons. The molecule has 0 aromatic rings. The molecule has 0 saturated heterocycles. The topological polar surface area (TPSA) is 3.24 Å². The minimum atomic E-state index is 0.632. The summed E-state index contributed by atoms with van der Waals surface area (Å²) in [6.45, 7) is 9.87. The molecule has 0 fully saturated rings. The second-order valence-electron chi connectivity index (χ2n) is 2.72. The molecule has 1 heteroatoms. The van der Waals surface area contributed by atoms with Crippen molar-refractivity contribution in [2.24, 2.45) is 0 Å². The summed E-state index contributed by atoms with van der Waals surface area (Å²) in [6, 6.07) is 0.632. The van der Waals surface area contributed by atoms with Crippen molar-refractivity contribution in [2.75, 3.05) is 6.54 Å². The zero-order chi connectivity index (χ0) is 7.98. The van der Waals surface area contributed by atoms with Crippen LogP contribution in [-0.4, -0.2) is 17.5 Å². The van der Waals surface area contributed by atoms with Crippen LogP contribution >= 0.6 is 0 Å². The van der Waals surface area contributed by atoms with E-state index >= 15 is 0 Å². The molecule has 0 atom stereocenters. The van der Waals surface area contributed by atoms with E-state index in [4.69, 9.17) is 0 Å². The molecule has 0 radical (unpaired) electrons. The highest BCUT2D eigenvalue weighted by Gasteiger charge is 1.98. The highest BCUT2D eigenvalue weighted by Crippen LogP contribution is 1.98. The molecule has 0 aliphatic rings. The van der Waals surface area contributed by atoms with Crippen LogP contribution < -0.4 is 0 Å². The molecule has 0 heterocycles. The van der Waals surface area contributed by atoms with Crippen molar-refractivity contribution in [2.45, 2.75) is 40.2 Å². The van der Waals surface area contributed by atoms with Gasteiger partial charge in [-0.15, -0.1) is 0 Å². The van der Waals surface area contributed by atoms with E-state index in [0.717, 1.165) is 13.0 Å². The summed E-state index contributed by atoms with van der Waals surface area (Å²) in [5, 5.41) is 0. The van der Waals surface area contributed by atoms with Crippen molar-refractivity contribution >= 4 is 0 Å². The van der Waals surface area contributed by atoms with Crippen LogP contribution in [-0.2, 0) is 0 Å². The molecule has 0 spiro atoms. The van der Waals surface area contributed by atoms with Gasteiger partial charge < -0.3 is 4.90 Å². The SMILES string of the molecule is CCC=CN(CC)C(C)C. The van der Waals surface area contributed by atoms with Crippen molar-refractivity contribution in [1.29, 1.82) is 0 Å².